The van der Waals surface area contributed by atoms with Gasteiger partial charge in [-0.05, 0) is 18.1 Å². The van der Waals surface area contributed by atoms with Crippen molar-refractivity contribution in [2.75, 3.05) is 0 Å². The second kappa shape index (κ2) is 3.55. The smallest absolute Gasteiger partial charge is 0.122 e. The topological polar surface area (TPSA) is 0 Å². The van der Waals surface area contributed by atoms with E-state index in [1.54, 1.807) is 6.08 Å². The van der Waals surface area contributed by atoms with E-state index in [9.17, 15) is 4.39 Å². The summed E-state index contributed by atoms with van der Waals surface area (Å²) in [6.45, 7) is 2.11. The molecule has 0 bridgehead atoms. The van der Waals surface area contributed by atoms with E-state index in [0.717, 1.165) is 18.4 Å². The van der Waals surface area contributed by atoms with E-state index in [1.165, 1.54) is 0 Å². The van der Waals surface area contributed by atoms with Gasteiger partial charge in [-0.3, -0.25) is 0 Å². The lowest BCUT2D eigenvalue weighted by Crippen LogP contribution is -1.98. The Hall–Kier alpha value is -0.590. The van der Waals surface area contributed by atoms with Gasteiger partial charge in [0.05, 0.1) is 0 Å². The maximum atomic E-state index is 12.6. The Bertz CT molecular complexity index is 156. The average Bonchev–Trinajstić information content (AvgIpc) is 1.88. The molecule has 1 aliphatic carbocycles. The van der Waals surface area contributed by atoms with Gasteiger partial charge < -0.3 is 0 Å². The molecule has 0 nitrogen and oxygen atoms in total. The summed E-state index contributed by atoms with van der Waals surface area (Å²) < 4.78 is 12.6. The fourth-order valence-electron chi connectivity index (χ4n) is 1.16. The molecule has 0 saturated heterocycles. The minimum atomic E-state index is -0.730. The third kappa shape index (κ3) is 1.98. The monoisotopic (exact) mass is 140 g/mol. The molecule has 1 unspecified atom stereocenters. The van der Waals surface area contributed by atoms with Crippen molar-refractivity contribution in [3.63, 3.8) is 0 Å². The van der Waals surface area contributed by atoms with Crippen LogP contribution in [0, 0.1) is 0 Å². The molecule has 1 aliphatic rings. The zero-order valence-corrected chi connectivity index (χ0v) is 6.31. The standard InChI is InChI=1S/C9H13F/c1-2-4-8-5-3-6-9(10)7-8/h3,5,7,9H,2,4,6H2,1H3. The molecule has 0 aromatic rings. The lowest BCUT2D eigenvalue weighted by atomic mass is 10.0. The van der Waals surface area contributed by atoms with Gasteiger partial charge in [-0.2, -0.15) is 0 Å². The molecular formula is C9H13F. The summed E-state index contributed by atoms with van der Waals surface area (Å²) in [6.07, 6.45) is 7.61. The molecule has 56 valence electrons. The van der Waals surface area contributed by atoms with Crippen LogP contribution in [-0.2, 0) is 0 Å². The summed E-state index contributed by atoms with van der Waals surface area (Å²) in [6, 6.07) is 0. The summed E-state index contributed by atoms with van der Waals surface area (Å²) in [5.41, 5.74) is 1.15. The molecule has 0 spiro atoms. The number of hydrogen-bond acceptors (Lipinski definition) is 0. The Balaban J connectivity index is 2.49. The number of rotatable bonds is 2. The van der Waals surface area contributed by atoms with E-state index in [2.05, 4.69) is 6.92 Å². The predicted octanol–water partition coefficient (Wildman–Crippen LogP) is 3.01. The molecule has 1 rings (SSSR count). The Morgan fingerprint density at radius 1 is 1.70 bits per heavy atom. The summed E-state index contributed by atoms with van der Waals surface area (Å²) in [4.78, 5) is 0. The molecule has 1 atom stereocenters. The van der Waals surface area contributed by atoms with Crippen molar-refractivity contribution in [1.29, 1.82) is 0 Å². The van der Waals surface area contributed by atoms with Gasteiger partial charge in [0.2, 0.25) is 0 Å². The highest BCUT2D eigenvalue weighted by molar-refractivity contribution is 5.24. The van der Waals surface area contributed by atoms with Gasteiger partial charge in [0.1, 0.15) is 6.17 Å². The first kappa shape index (κ1) is 7.52. The number of hydrogen-bond donors (Lipinski definition) is 0. The SMILES string of the molecule is CCCC1=CC(F)CC=C1. The van der Waals surface area contributed by atoms with Crippen LogP contribution in [0.5, 0.6) is 0 Å². The van der Waals surface area contributed by atoms with Gasteiger partial charge in [0.15, 0.2) is 0 Å². The summed E-state index contributed by atoms with van der Waals surface area (Å²) >= 11 is 0. The van der Waals surface area contributed by atoms with Crippen molar-refractivity contribution in [1.82, 2.24) is 0 Å². The van der Waals surface area contributed by atoms with E-state index in [-0.39, 0.29) is 0 Å². The summed E-state index contributed by atoms with van der Waals surface area (Å²) in [5, 5.41) is 0. The number of halogens is 1. The lowest BCUT2D eigenvalue weighted by Gasteiger charge is -2.08. The fraction of sp³-hybridized carbons (Fsp3) is 0.556. The van der Waals surface area contributed by atoms with Gasteiger partial charge in [-0.15, -0.1) is 0 Å². The van der Waals surface area contributed by atoms with Gasteiger partial charge in [0, 0.05) is 6.42 Å². The zero-order chi connectivity index (χ0) is 7.40. The molecule has 0 aliphatic heterocycles. The number of alkyl halides is 1. The third-order valence-corrected chi connectivity index (χ3v) is 1.63. The van der Waals surface area contributed by atoms with E-state index in [0.29, 0.717) is 6.42 Å². The van der Waals surface area contributed by atoms with Crippen LogP contribution >= 0.6 is 0 Å². The van der Waals surface area contributed by atoms with Crippen LogP contribution in [0.25, 0.3) is 0 Å². The summed E-state index contributed by atoms with van der Waals surface area (Å²) in [5.74, 6) is 0. The first-order valence-corrected chi connectivity index (χ1v) is 3.84. The Labute approximate surface area is 61.4 Å². The Kier molecular flexibility index (Phi) is 2.67. The molecule has 0 aromatic carbocycles. The van der Waals surface area contributed by atoms with Crippen molar-refractivity contribution in [2.24, 2.45) is 0 Å². The molecule has 0 heterocycles. The van der Waals surface area contributed by atoms with Crippen LogP contribution < -0.4 is 0 Å². The van der Waals surface area contributed by atoms with Crippen LogP contribution in [0.15, 0.2) is 23.8 Å². The first-order valence-electron chi connectivity index (χ1n) is 3.84. The first-order chi connectivity index (χ1) is 4.83. The van der Waals surface area contributed by atoms with E-state index in [1.807, 2.05) is 12.2 Å². The Morgan fingerprint density at radius 2 is 2.50 bits per heavy atom. The molecule has 0 radical (unpaired) electrons. The highest BCUT2D eigenvalue weighted by Crippen LogP contribution is 2.16. The van der Waals surface area contributed by atoms with Crippen LogP contribution in [0.3, 0.4) is 0 Å². The fourth-order valence-corrected chi connectivity index (χ4v) is 1.16. The van der Waals surface area contributed by atoms with E-state index >= 15 is 0 Å². The maximum absolute atomic E-state index is 12.6. The normalized spacial score (nSPS) is 24.6. The van der Waals surface area contributed by atoms with Crippen LogP contribution in [0.2, 0.25) is 0 Å². The van der Waals surface area contributed by atoms with Gasteiger partial charge in [-0.1, -0.05) is 25.5 Å². The van der Waals surface area contributed by atoms with Crippen molar-refractivity contribution in [3.05, 3.63) is 23.8 Å². The van der Waals surface area contributed by atoms with Gasteiger partial charge in [-0.25, -0.2) is 4.39 Å². The van der Waals surface area contributed by atoms with Crippen LogP contribution in [0.4, 0.5) is 4.39 Å². The number of allylic oxidation sites excluding steroid dienone is 4. The predicted molar refractivity (Wildman–Crippen MR) is 41.6 cm³/mol. The molecule has 10 heavy (non-hydrogen) atoms. The minimum absolute atomic E-state index is 0.563. The highest BCUT2D eigenvalue weighted by atomic mass is 19.1. The zero-order valence-electron chi connectivity index (χ0n) is 6.31. The van der Waals surface area contributed by atoms with E-state index < -0.39 is 6.17 Å². The van der Waals surface area contributed by atoms with E-state index in [4.69, 9.17) is 0 Å². The third-order valence-electron chi connectivity index (χ3n) is 1.63. The largest absolute Gasteiger partial charge is 0.243 e. The second-order valence-electron chi connectivity index (χ2n) is 2.65. The quantitative estimate of drug-likeness (QED) is 0.553. The molecule has 0 saturated carbocycles. The highest BCUT2D eigenvalue weighted by Gasteiger charge is 2.05. The summed E-state index contributed by atoms with van der Waals surface area (Å²) in [7, 11) is 0. The van der Waals surface area contributed by atoms with Gasteiger partial charge >= 0.3 is 0 Å². The molecule has 0 N–H and O–H groups in total. The van der Waals surface area contributed by atoms with Crippen molar-refractivity contribution >= 4 is 0 Å². The Morgan fingerprint density at radius 3 is 3.10 bits per heavy atom. The lowest BCUT2D eigenvalue weighted by molar-refractivity contribution is 0.399. The molecule has 0 aromatic heterocycles. The average molecular weight is 140 g/mol. The molecule has 1 heteroatoms. The van der Waals surface area contributed by atoms with Crippen LogP contribution in [-0.4, -0.2) is 6.17 Å². The van der Waals surface area contributed by atoms with Crippen molar-refractivity contribution < 1.29 is 4.39 Å². The molecule has 0 amide bonds. The molecular weight excluding hydrogens is 127 g/mol. The minimum Gasteiger partial charge on any atom is -0.243 e. The van der Waals surface area contributed by atoms with Crippen LogP contribution in [0.1, 0.15) is 26.2 Å². The van der Waals surface area contributed by atoms with Crippen molar-refractivity contribution in [3.8, 4) is 0 Å². The maximum Gasteiger partial charge on any atom is 0.122 e. The molecule has 0 fully saturated rings. The van der Waals surface area contributed by atoms with Gasteiger partial charge in [0.25, 0.3) is 0 Å². The second-order valence-corrected chi connectivity index (χ2v) is 2.65. The van der Waals surface area contributed by atoms with Crippen molar-refractivity contribution in [2.45, 2.75) is 32.4 Å².